The first-order valence-electron chi connectivity index (χ1n) is 10.1. The molecule has 1 atom stereocenters. The summed E-state index contributed by atoms with van der Waals surface area (Å²) in [5, 5.41) is 12.7. The van der Waals surface area contributed by atoms with Crippen LogP contribution >= 0.6 is 0 Å². The number of benzene rings is 2. The Morgan fingerprint density at radius 3 is 2.48 bits per heavy atom. The number of rotatable bonds is 5. The van der Waals surface area contributed by atoms with Crippen molar-refractivity contribution in [3.8, 4) is 0 Å². The van der Waals surface area contributed by atoms with Gasteiger partial charge in [-0.2, -0.15) is 5.10 Å². The van der Waals surface area contributed by atoms with Gasteiger partial charge in [0.25, 0.3) is 5.91 Å². The number of amides is 3. The van der Waals surface area contributed by atoms with Crippen molar-refractivity contribution >= 4 is 17.6 Å². The van der Waals surface area contributed by atoms with Crippen LogP contribution in [0.5, 0.6) is 0 Å². The fourth-order valence-corrected chi connectivity index (χ4v) is 3.44. The van der Waals surface area contributed by atoms with Crippen molar-refractivity contribution in [2.45, 2.75) is 13.0 Å². The van der Waals surface area contributed by atoms with E-state index in [1.54, 1.807) is 36.1 Å². The molecule has 3 amide bonds. The Balaban J connectivity index is 1.53. The predicted molar refractivity (Wildman–Crippen MR) is 115 cm³/mol. The summed E-state index contributed by atoms with van der Waals surface area (Å²) < 4.78 is 5.32. The Labute approximate surface area is 179 Å². The highest BCUT2D eigenvalue weighted by Gasteiger charge is 2.24. The van der Waals surface area contributed by atoms with Crippen LogP contribution in [0.1, 0.15) is 33.6 Å². The lowest BCUT2D eigenvalue weighted by atomic mass is 10.1. The Morgan fingerprint density at radius 2 is 1.77 bits per heavy atom. The highest BCUT2D eigenvalue weighted by Crippen LogP contribution is 2.21. The third-order valence-corrected chi connectivity index (χ3v) is 4.99. The summed E-state index contributed by atoms with van der Waals surface area (Å²) in [6.07, 6.45) is 0. The van der Waals surface area contributed by atoms with Gasteiger partial charge in [0.2, 0.25) is 0 Å². The number of aryl methyl sites for hydroxylation is 1. The van der Waals surface area contributed by atoms with Crippen LogP contribution in [-0.4, -0.2) is 58.3 Å². The van der Waals surface area contributed by atoms with Gasteiger partial charge in [-0.1, -0.05) is 42.5 Å². The van der Waals surface area contributed by atoms with E-state index in [1.165, 1.54) is 0 Å². The minimum absolute atomic E-state index is 0.136. The van der Waals surface area contributed by atoms with Crippen LogP contribution in [0.3, 0.4) is 0 Å². The maximum atomic E-state index is 12.9. The van der Waals surface area contributed by atoms with Gasteiger partial charge in [0.15, 0.2) is 5.82 Å². The standard InChI is InChI=1S/C22H24N6O3/c1-15-23-20(27-26-15)19(16-7-3-2-4-8-16)25-22(30)24-18-10-6-5-9-17(18)21(29)28-11-13-31-14-12-28/h2-10,19H,11-14H2,1H3,(H,23,26,27)(H2,24,25,30). The van der Waals surface area contributed by atoms with E-state index in [2.05, 4.69) is 25.8 Å². The number of aromatic amines is 1. The lowest BCUT2D eigenvalue weighted by Crippen LogP contribution is -2.41. The lowest BCUT2D eigenvalue weighted by molar-refractivity contribution is 0.0303. The van der Waals surface area contributed by atoms with E-state index in [1.807, 2.05) is 30.3 Å². The highest BCUT2D eigenvalue weighted by atomic mass is 16.5. The number of ether oxygens (including phenoxy) is 1. The normalized spacial score (nSPS) is 14.7. The summed E-state index contributed by atoms with van der Waals surface area (Å²) in [6, 6.07) is 15.4. The largest absolute Gasteiger partial charge is 0.378 e. The van der Waals surface area contributed by atoms with Gasteiger partial charge >= 0.3 is 6.03 Å². The Hall–Kier alpha value is -3.72. The Morgan fingerprint density at radius 1 is 1.06 bits per heavy atom. The van der Waals surface area contributed by atoms with E-state index in [4.69, 9.17) is 4.74 Å². The molecular weight excluding hydrogens is 396 g/mol. The molecule has 4 rings (SSSR count). The number of urea groups is 1. The van der Waals surface area contributed by atoms with Crippen LogP contribution < -0.4 is 10.6 Å². The molecule has 0 spiro atoms. The summed E-state index contributed by atoms with van der Waals surface area (Å²) in [7, 11) is 0. The zero-order chi connectivity index (χ0) is 21.6. The molecule has 0 saturated carbocycles. The van der Waals surface area contributed by atoms with Gasteiger partial charge in [0.1, 0.15) is 11.9 Å². The molecule has 9 heteroatoms. The second kappa shape index (κ2) is 9.40. The van der Waals surface area contributed by atoms with E-state index < -0.39 is 12.1 Å². The molecule has 3 N–H and O–H groups in total. The topological polar surface area (TPSA) is 112 Å². The number of hydrogen-bond acceptors (Lipinski definition) is 5. The number of H-pyrrole nitrogens is 1. The van der Waals surface area contributed by atoms with Gasteiger partial charge in [0.05, 0.1) is 24.5 Å². The molecule has 1 aliphatic rings. The van der Waals surface area contributed by atoms with Crippen molar-refractivity contribution in [3.63, 3.8) is 0 Å². The second-order valence-electron chi connectivity index (χ2n) is 7.17. The van der Waals surface area contributed by atoms with E-state index in [-0.39, 0.29) is 5.91 Å². The molecule has 1 unspecified atom stereocenters. The van der Waals surface area contributed by atoms with E-state index >= 15 is 0 Å². The van der Waals surface area contributed by atoms with E-state index in [9.17, 15) is 9.59 Å². The Kier molecular flexibility index (Phi) is 6.23. The summed E-state index contributed by atoms with van der Waals surface area (Å²) in [5.74, 6) is 0.972. The number of aromatic nitrogens is 3. The number of carbonyl (C=O) groups excluding carboxylic acids is 2. The fraction of sp³-hybridized carbons (Fsp3) is 0.273. The van der Waals surface area contributed by atoms with Crippen LogP contribution in [0, 0.1) is 6.92 Å². The summed E-state index contributed by atoms with van der Waals surface area (Å²) in [5.41, 5.74) is 1.72. The van der Waals surface area contributed by atoms with Gasteiger partial charge < -0.3 is 20.3 Å². The minimum atomic E-state index is -0.548. The van der Waals surface area contributed by atoms with Gasteiger partial charge in [-0.3, -0.25) is 9.89 Å². The zero-order valence-corrected chi connectivity index (χ0v) is 17.2. The molecule has 31 heavy (non-hydrogen) atoms. The minimum Gasteiger partial charge on any atom is -0.378 e. The molecule has 1 fully saturated rings. The molecule has 1 aliphatic heterocycles. The second-order valence-corrected chi connectivity index (χ2v) is 7.17. The molecular formula is C22H24N6O3. The third kappa shape index (κ3) is 4.89. The average Bonchev–Trinajstić information content (AvgIpc) is 3.24. The van der Waals surface area contributed by atoms with E-state index in [0.717, 1.165) is 5.56 Å². The molecule has 1 aromatic heterocycles. The highest BCUT2D eigenvalue weighted by molar-refractivity contribution is 6.03. The van der Waals surface area contributed by atoms with Crippen LogP contribution in [-0.2, 0) is 4.74 Å². The maximum Gasteiger partial charge on any atom is 0.320 e. The number of nitrogens with zero attached hydrogens (tertiary/aromatic N) is 3. The van der Waals surface area contributed by atoms with Crippen molar-refractivity contribution < 1.29 is 14.3 Å². The maximum absolute atomic E-state index is 12.9. The predicted octanol–water partition coefficient (Wildman–Crippen LogP) is 2.50. The lowest BCUT2D eigenvalue weighted by Gasteiger charge is -2.27. The van der Waals surface area contributed by atoms with Gasteiger partial charge in [-0.25, -0.2) is 9.78 Å². The number of para-hydroxylation sites is 1. The van der Waals surface area contributed by atoms with Crippen LogP contribution in [0.15, 0.2) is 54.6 Å². The third-order valence-electron chi connectivity index (χ3n) is 4.99. The molecule has 2 heterocycles. The fourth-order valence-electron chi connectivity index (χ4n) is 3.44. The van der Waals surface area contributed by atoms with Crippen LogP contribution in [0.4, 0.5) is 10.5 Å². The number of carbonyl (C=O) groups is 2. The van der Waals surface area contributed by atoms with Gasteiger partial charge in [-0.05, 0) is 24.6 Å². The summed E-state index contributed by atoms with van der Waals surface area (Å²) in [4.78, 5) is 31.9. The first-order chi connectivity index (χ1) is 15.1. The summed E-state index contributed by atoms with van der Waals surface area (Å²) >= 11 is 0. The van der Waals surface area contributed by atoms with Crippen molar-refractivity contribution in [3.05, 3.63) is 77.4 Å². The quantitative estimate of drug-likeness (QED) is 0.587. The van der Waals surface area contributed by atoms with Crippen molar-refractivity contribution in [2.75, 3.05) is 31.6 Å². The zero-order valence-electron chi connectivity index (χ0n) is 17.2. The molecule has 3 aromatic rings. The molecule has 1 saturated heterocycles. The van der Waals surface area contributed by atoms with Gasteiger partial charge in [-0.15, -0.1) is 0 Å². The van der Waals surface area contributed by atoms with E-state index in [0.29, 0.717) is 49.2 Å². The number of morpholine rings is 1. The Bertz CT molecular complexity index is 1050. The van der Waals surface area contributed by atoms with Crippen molar-refractivity contribution in [1.29, 1.82) is 0 Å². The molecule has 160 valence electrons. The molecule has 0 bridgehead atoms. The SMILES string of the molecule is Cc1nc(C(NC(=O)Nc2ccccc2C(=O)N2CCOCC2)c2ccccc2)n[nH]1. The number of anilines is 1. The molecule has 9 nitrogen and oxygen atoms in total. The number of nitrogens with one attached hydrogen (secondary N) is 3. The molecule has 2 aromatic carbocycles. The monoisotopic (exact) mass is 420 g/mol. The van der Waals surface area contributed by atoms with Crippen molar-refractivity contribution in [1.82, 2.24) is 25.4 Å². The average molecular weight is 420 g/mol. The smallest absolute Gasteiger partial charge is 0.320 e. The van der Waals surface area contributed by atoms with Gasteiger partial charge in [0, 0.05) is 13.1 Å². The molecule has 0 radical (unpaired) electrons. The molecule has 0 aliphatic carbocycles. The first-order valence-corrected chi connectivity index (χ1v) is 10.1. The van der Waals surface area contributed by atoms with Crippen LogP contribution in [0.25, 0.3) is 0 Å². The number of hydrogen-bond donors (Lipinski definition) is 3. The van der Waals surface area contributed by atoms with Crippen LogP contribution in [0.2, 0.25) is 0 Å². The first kappa shape index (κ1) is 20.5. The van der Waals surface area contributed by atoms with Crippen molar-refractivity contribution in [2.24, 2.45) is 0 Å². The summed E-state index contributed by atoms with van der Waals surface area (Å²) in [6.45, 7) is 3.87.